The fraction of sp³-hybridized carbons (Fsp3) is 0.864. The Bertz CT molecular complexity index is 591. The van der Waals surface area contributed by atoms with E-state index in [0.717, 1.165) is 25.7 Å². The Morgan fingerprint density at radius 1 is 0.706 bits per heavy atom. The fourth-order valence-corrected chi connectivity index (χ4v) is 3.54. The van der Waals surface area contributed by atoms with E-state index in [2.05, 4.69) is 4.76 Å². The van der Waals surface area contributed by atoms with E-state index in [1.807, 2.05) is 27.7 Å². The van der Waals surface area contributed by atoms with Gasteiger partial charge in [-0.15, -0.1) is 0 Å². The third kappa shape index (κ3) is 18.6. The van der Waals surface area contributed by atoms with E-state index in [1.54, 1.807) is 0 Å². The van der Waals surface area contributed by atoms with Gasteiger partial charge in [-0.2, -0.15) is 4.76 Å². The highest BCUT2D eigenvalue weighted by molar-refractivity contribution is 7.52. The van der Waals surface area contributed by atoms with E-state index in [-0.39, 0.29) is 38.2 Å². The van der Waals surface area contributed by atoms with Crippen molar-refractivity contribution in [3.05, 3.63) is 0 Å². The van der Waals surface area contributed by atoms with Crippen LogP contribution in [0.1, 0.15) is 79.1 Å². The summed E-state index contributed by atoms with van der Waals surface area (Å²) in [6.45, 7) is 8.81. The first-order chi connectivity index (χ1) is 16.2. The van der Waals surface area contributed by atoms with Crippen molar-refractivity contribution in [3.8, 4) is 0 Å². The first-order valence-electron chi connectivity index (χ1n) is 12.1. The van der Waals surface area contributed by atoms with Crippen LogP contribution in [0.2, 0.25) is 0 Å². The van der Waals surface area contributed by atoms with Crippen LogP contribution in [0.15, 0.2) is 4.76 Å². The predicted molar refractivity (Wildman–Crippen MR) is 129 cm³/mol. The predicted octanol–water partition coefficient (Wildman–Crippen LogP) is 5.61. The zero-order chi connectivity index (χ0) is 25.7. The fourth-order valence-electron chi connectivity index (χ4n) is 2.11. The minimum absolute atomic E-state index is 0.0904. The molecular formula is C22H43N2O9P. The Labute approximate surface area is 203 Å². The molecule has 0 atom stereocenters. The van der Waals surface area contributed by atoms with E-state index >= 15 is 0 Å². The normalized spacial score (nSPS) is 12.0. The first-order valence-corrected chi connectivity index (χ1v) is 13.6. The number of ether oxygens (including phenoxy) is 4. The van der Waals surface area contributed by atoms with Crippen LogP contribution in [0.4, 0.5) is 9.59 Å². The summed E-state index contributed by atoms with van der Waals surface area (Å²) >= 11 is 0. The summed E-state index contributed by atoms with van der Waals surface area (Å²) in [6, 6.07) is 0. The van der Waals surface area contributed by atoms with Crippen LogP contribution < -0.4 is 5.73 Å². The highest BCUT2D eigenvalue weighted by atomic mass is 31.2. The van der Waals surface area contributed by atoms with Gasteiger partial charge in [0.05, 0.1) is 39.6 Å². The molecule has 0 aromatic rings. The summed E-state index contributed by atoms with van der Waals surface area (Å²) in [7, 11) is -3.80. The number of unbranched alkanes of at least 4 members (excludes halogenated alkanes) is 4. The molecule has 0 aromatic heterocycles. The Balaban J connectivity index is 4.27. The van der Waals surface area contributed by atoms with Crippen LogP contribution in [0.25, 0.3) is 0 Å². The number of amidine groups is 1. The van der Waals surface area contributed by atoms with Crippen LogP contribution in [-0.2, 0) is 32.6 Å². The zero-order valence-corrected chi connectivity index (χ0v) is 22.0. The van der Waals surface area contributed by atoms with E-state index in [0.29, 0.717) is 38.9 Å². The summed E-state index contributed by atoms with van der Waals surface area (Å²) in [4.78, 5) is 22.8. The molecule has 0 aliphatic rings. The summed E-state index contributed by atoms with van der Waals surface area (Å²) in [5, 5.41) is 0. The van der Waals surface area contributed by atoms with E-state index < -0.39 is 20.1 Å². The standard InChI is InChI=1S/C22H43N2O9P/c1-5-7-13-28-21(25)30-15-9-11-17-32-34(27,24-20(23)19(3)4)33-18-12-10-16-31-22(26)29-14-8-6-2/h19H,5-18H2,1-4H3,(H2,23,24,27). The Kier molecular flexibility index (Phi) is 19.4. The molecule has 0 bridgehead atoms. The lowest BCUT2D eigenvalue weighted by molar-refractivity contribution is 0.0521. The highest BCUT2D eigenvalue weighted by Gasteiger charge is 2.25. The number of carbonyl (C=O) groups excluding carboxylic acids is 2. The highest BCUT2D eigenvalue weighted by Crippen LogP contribution is 2.50. The molecule has 0 amide bonds. The smallest absolute Gasteiger partial charge is 0.434 e. The molecule has 0 aromatic carbocycles. The summed E-state index contributed by atoms with van der Waals surface area (Å²) in [5.41, 5.74) is 5.85. The molecule has 2 N–H and O–H groups in total. The van der Waals surface area contributed by atoms with E-state index in [4.69, 9.17) is 33.7 Å². The van der Waals surface area contributed by atoms with E-state index in [9.17, 15) is 14.2 Å². The number of nitrogens with two attached hydrogens (primary N) is 1. The monoisotopic (exact) mass is 510 g/mol. The van der Waals surface area contributed by atoms with Gasteiger partial charge in [0.1, 0.15) is 5.84 Å². The molecule has 0 heterocycles. The maximum atomic E-state index is 13.0. The number of nitrogens with zero attached hydrogens (tertiary/aromatic N) is 1. The zero-order valence-electron chi connectivity index (χ0n) is 21.1. The molecule has 12 heteroatoms. The third-order valence-corrected chi connectivity index (χ3v) is 5.78. The number of rotatable bonds is 20. The lowest BCUT2D eigenvalue weighted by Gasteiger charge is -2.16. The van der Waals surface area contributed by atoms with Crippen molar-refractivity contribution >= 4 is 25.9 Å². The molecule has 0 aliphatic heterocycles. The van der Waals surface area contributed by atoms with Crippen LogP contribution in [0.3, 0.4) is 0 Å². The lowest BCUT2D eigenvalue weighted by Crippen LogP contribution is -2.19. The number of hydrogen-bond donors (Lipinski definition) is 1. The molecule has 0 spiro atoms. The van der Waals surface area contributed by atoms with Gasteiger partial charge >= 0.3 is 20.1 Å². The minimum atomic E-state index is -3.80. The molecule has 0 fully saturated rings. The molecule has 0 aliphatic carbocycles. The largest absolute Gasteiger partial charge is 0.508 e. The quantitative estimate of drug-likeness (QED) is 0.0721. The van der Waals surface area contributed by atoms with Crippen LogP contribution in [-0.4, -0.2) is 57.8 Å². The lowest BCUT2D eigenvalue weighted by atomic mass is 10.2. The average molecular weight is 511 g/mol. The second-order valence-corrected chi connectivity index (χ2v) is 9.48. The van der Waals surface area contributed by atoms with Crippen molar-refractivity contribution in [2.45, 2.75) is 79.1 Å². The van der Waals surface area contributed by atoms with Gasteiger partial charge in [0.25, 0.3) is 0 Å². The second kappa shape index (κ2) is 20.5. The minimum Gasteiger partial charge on any atom is -0.434 e. The van der Waals surface area contributed by atoms with Crippen molar-refractivity contribution in [2.75, 3.05) is 39.6 Å². The van der Waals surface area contributed by atoms with Crippen molar-refractivity contribution in [1.82, 2.24) is 0 Å². The van der Waals surface area contributed by atoms with Crippen molar-refractivity contribution in [3.63, 3.8) is 0 Å². The van der Waals surface area contributed by atoms with Crippen molar-refractivity contribution < 1.29 is 42.1 Å². The SMILES string of the molecule is CCCCOC(=O)OCCCCOP(=O)(N=C(N)C(C)C)OCCCCOC(=O)OCCCC. The molecule has 0 unspecified atom stereocenters. The van der Waals surface area contributed by atoms with Crippen LogP contribution in [0, 0.1) is 5.92 Å². The van der Waals surface area contributed by atoms with Crippen molar-refractivity contribution in [1.29, 1.82) is 0 Å². The molecule has 200 valence electrons. The Hall–Kier alpha value is -1.84. The van der Waals surface area contributed by atoms with Gasteiger partial charge in [-0.1, -0.05) is 40.5 Å². The third-order valence-electron chi connectivity index (χ3n) is 4.29. The van der Waals surface area contributed by atoms with Gasteiger partial charge < -0.3 is 24.7 Å². The van der Waals surface area contributed by atoms with Gasteiger partial charge in [-0.05, 0) is 38.5 Å². The van der Waals surface area contributed by atoms with Gasteiger partial charge in [0, 0.05) is 5.92 Å². The van der Waals surface area contributed by atoms with Crippen molar-refractivity contribution in [2.24, 2.45) is 16.4 Å². The molecule has 0 saturated heterocycles. The topological polar surface area (TPSA) is 145 Å². The molecule has 0 radical (unpaired) electrons. The first kappa shape index (κ1) is 32.2. The molecule has 0 rings (SSSR count). The van der Waals surface area contributed by atoms with E-state index in [1.165, 1.54) is 0 Å². The summed E-state index contributed by atoms with van der Waals surface area (Å²) < 4.78 is 47.5. The van der Waals surface area contributed by atoms with Gasteiger partial charge in [-0.3, -0.25) is 9.05 Å². The molecular weight excluding hydrogens is 467 g/mol. The number of carbonyl (C=O) groups is 2. The van der Waals surface area contributed by atoms with Crippen LogP contribution in [0.5, 0.6) is 0 Å². The van der Waals surface area contributed by atoms with Gasteiger partial charge in [0.15, 0.2) is 0 Å². The average Bonchev–Trinajstić information content (AvgIpc) is 2.78. The molecule has 34 heavy (non-hydrogen) atoms. The maximum Gasteiger partial charge on any atom is 0.508 e. The van der Waals surface area contributed by atoms with Gasteiger partial charge in [0.2, 0.25) is 0 Å². The van der Waals surface area contributed by atoms with Gasteiger partial charge in [-0.25, -0.2) is 14.2 Å². The number of hydrogen-bond acceptors (Lipinski definition) is 9. The summed E-state index contributed by atoms with van der Waals surface area (Å²) in [6.07, 6.45) is 3.98. The molecule has 11 nitrogen and oxygen atoms in total. The molecule has 0 saturated carbocycles. The Morgan fingerprint density at radius 2 is 1.06 bits per heavy atom. The second-order valence-electron chi connectivity index (χ2n) is 7.83. The maximum absolute atomic E-state index is 13.0. The van der Waals surface area contributed by atoms with Crippen LogP contribution >= 0.6 is 7.75 Å². The Morgan fingerprint density at radius 3 is 1.41 bits per heavy atom. The summed E-state index contributed by atoms with van der Waals surface area (Å²) in [5.74, 6) is 0.0411.